The summed E-state index contributed by atoms with van der Waals surface area (Å²) in [7, 11) is 0. The lowest BCUT2D eigenvalue weighted by molar-refractivity contribution is -0.215. The summed E-state index contributed by atoms with van der Waals surface area (Å²) in [6.45, 7) is 4.37. The second-order valence-corrected chi connectivity index (χ2v) is 5.11. The first-order valence-electron chi connectivity index (χ1n) is 4.84. The molecular formula is C10H18O2. The van der Waals surface area contributed by atoms with E-state index < -0.39 is 5.60 Å². The van der Waals surface area contributed by atoms with Crippen LogP contribution in [-0.2, 0) is 0 Å². The van der Waals surface area contributed by atoms with E-state index >= 15 is 0 Å². The number of aliphatic hydroxyl groups excluding tert-OH is 1. The molecule has 2 heteroatoms. The number of hydrogen-bond donors (Lipinski definition) is 2. The molecule has 0 unspecified atom stereocenters. The molecule has 0 radical (unpaired) electrons. The molecule has 0 saturated heterocycles. The van der Waals surface area contributed by atoms with Gasteiger partial charge in [-0.15, -0.1) is 0 Å². The van der Waals surface area contributed by atoms with Crippen LogP contribution in [0, 0.1) is 17.3 Å². The third-order valence-corrected chi connectivity index (χ3v) is 4.32. The molecule has 0 aromatic carbocycles. The molecule has 3 rings (SSSR count). The molecule has 0 aromatic rings. The zero-order valence-electron chi connectivity index (χ0n) is 7.88. The van der Waals surface area contributed by atoms with Crippen molar-refractivity contribution in [3.63, 3.8) is 0 Å². The van der Waals surface area contributed by atoms with Gasteiger partial charge in [-0.2, -0.15) is 0 Å². The van der Waals surface area contributed by atoms with Crippen molar-refractivity contribution >= 4 is 0 Å². The Bertz CT molecular complexity index is 198. The Labute approximate surface area is 73.6 Å². The van der Waals surface area contributed by atoms with Crippen molar-refractivity contribution in [3.8, 4) is 0 Å². The molecule has 0 spiro atoms. The highest BCUT2D eigenvalue weighted by Gasteiger charge is 2.60. The van der Waals surface area contributed by atoms with Gasteiger partial charge in [-0.1, -0.05) is 13.8 Å². The Kier molecular flexibility index (Phi) is 1.59. The molecule has 2 N–H and O–H groups in total. The highest BCUT2D eigenvalue weighted by Crippen LogP contribution is 2.62. The average molecular weight is 170 g/mol. The van der Waals surface area contributed by atoms with E-state index in [0.717, 1.165) is 25.2 Å². The quantitative estimate of drug-likeness (QED) is 0.620. The monoisotopic (exact) mass is 170 g/mol. The molecule has 3 atom stereocenters. The molecule has 2 bridgehead atoms. The van der Waals surface area contributed by atoms with Gasteiger partial charge in [-0.25, -0.2) is 0 Å². The third kappa shape index (κ3) is 0.826. The van der Waals surface area contributed by atoms with Crippen molar-refractivity contribution in [1.29, 1.82) is 0 Å². The van der Waals surface area contributed by atoms with Crippen LogP contribution in [0.15, 0.2) is 0 Å². The van der Waals surface area contributed by atoms with E-state index in [-0.39, 0.29) is 12.0 Å². The van der Waals surface area contributed by atoms with Crippen LogP contribution in [0.5, 0.6) is 0 Å². The Morgan fingerprint density at radius 2 is 2.08 bits per heavy atom. The maximum atomic E-state index is 10.1. The van der Waals surface area contributed by atoms with E-state index in [1.165, 1.54) is 0 Å². The van der Waals surface area contributed by atoms with Crippen molar-refractivity contribution in [2.24, 2.45) is 17.3 Å². The van der Waals surface area contributed by atoms with Gasteiger partial charge in [0.1, 0.15) is 0 Å². The number of hydrogen-bond acceptors (Lipinski definition) is 2. The van der Waals surface area contributed by atoms with Gasteiger partial charge in [-0.3, -0.25) is 0 Å². The summed E-state index contributed by atoms with van der Waals surface area (Å²) >= 11 is 0. The zero-order chi connectivity index (χ0) is 8.98. The van der Waals surface area contributed by atoms with Gasteiger partial charge in [-0.05, 0) is 36.5 Å². The van der Waals surface area contributed by atoms with Crippen LogP contribution in [0.4, 0.5) is 0 Å². The van der Waals surface area contributed by atoms with Gasteiger partial charge in [0, 0.05) is 0 Å². The third-order valence-electron chi connectivity index (χ3n) is 4.32. The van der Waals surface area contributed by atoms with Crippen LogP contribution in [0.25, 0.3) is 0 Å². The molecule has 0 aliphatic heterocycles. The van der Waals surface area contributed by atoms with Crippen molar-refractivity contribution in [1.82, 2.24) is 0 Å². The molecule has 0 aromatic heterocycles. The maximum Gasteiger partial charge on any atom is 0.0910 e. The average Bonchev–Trinajstić information content (AvgIpc) is 2.04. The van der Waals surface area contributed by atoms with E-state index in [1.807, 2.05) is 0 Å². The standard InChI is InChI=1S/C10H18O2/c1-9(2)7-3-4-10(12,6-11)8(9)5-7/h7-8,11-12H,3-6H2,1-2H3/t7-,8-,10-/m0/s1. The van der Waals surface area contributed by atoms with E-state index in [9.17, 15) is 5.11 Å². The molecule has 3 aliphatic rings. The lowest BCUT2D eigenvalue weighted by Crippen LogP contribution is -2.62. The molecule has 12 heavy (non-hydrogen) atoms. The summed E-state index contributed by atoms with van der Waals surface area (Å²) in [5.41, 5.74) is -0.506. The summed E-state index contributed by atoms with van der Waals surface area (Å²) in [6.07, 6.45) is 2.99. The summed E-state index contributed by atoms with van der Waals surface area (Å²) < 4.78 is 0. The maximum absolute atomic E-state index is 10.1. The minimum Gasteiger partial charge on any atom is -0.393 e. The van der Waals surface area contributed by atoms with Crippen molar-refractivity contribution < 1.29 is 10.2 Å². The minimum absolute atomic E-state index is 0.0617. The van der Waals surface area contributed by atoms with Crippen molar-refractivity contribution in [2.45, 2.75) is 38.7 Å². The zero-order valence-corrected chi connectivity index (χ0v) is 7.88. The molecular weight excluding hydrogens is 152 g/mol. The van der Waals surface area contributed by atoms with Gasteiger partial charge in [0.2, 0.25) is 0 Å². The summed E-state index contributed by atoms with van der Waals surface area (Å²) in [6, 6.07) is 0. The van der Waals surface area contributed by atoms with Crippen LogP contribution < -0.4 is 0 Å². The van der Waals surface area contributed by atoms with E-state index in [0.29, 0.717) is 5.92 Å². The van der Waals surface area contributed by atoms with Gasteiger partial charge < -0.3 is 10.2 Å². The van der Waals surface area contributed by atoms with Crippen LogP contribution in [0.2, 0.25) is 0 Å². The number of aliphatic hydroxyl groups is 2. The molecule has 3 aliphatic carbocycles. The predicted molar refractivity (Wildman–Crippen MR) is 46.6 cm³/mol. The van der Waals surface area contributed by atoms with Crippen LogP contribution in [-0.4, -0.2) is 22.4 Å². The van der Waals surface area contributed by atoms with Crippen LogP contribution in [0.3, 0.4) is 0 Å². The summed E-state index contributed by atoms with van der Waals surface area (Å²) in [5.74, 6) is 1.11. The number of fused-ring (bicyclic) bond motifs is 2. The molecule has 3 fully saturated rings. The van der Waals surface area contributed by atoms with Crippen LogP contribution >= 0.6 is 0 Å². The minimum atomic E-state index is -0.766. The highest BCUT2D eigenvalue weighted by atomic mass is 16.3. The first-order valence-corrected chi connectivity index (χ1v) is 4.84. The Morgan fingerprint density at radius 3 is 2.42 bits per heavy atom. The fourth-order valence-electron chi connectivity index (χ4n) is 3.21. The molecule has 70 valence electrons. The molecule has 0 heterocycles. The highest BCUT2D eigenvalue weighted by molar-refractivity contribution is 5.10. The lowest BCUT2D eigenvalue weighted by atomic mass is 9.44. The second-order valence-electron chi connectivity index (χ2n) is 5.11. The normalized spacial score (nSPS) is 50.0. The fraction of sp³-hybridized carbons (Fsp3) is 1.00. The summed E-state index contributed by atoms with van der Waals surface area (Å²) in [5, 5.41) is 19.2. The van der Waals surface area contributed by atoms with Crippen LogP contribution in [0.1, 0.15) is 33.1 Å². The Balaban J connectivity index is 2.21. The van der Waals surface area contributed by atoms with Crippen molar-refractivity contribution in [3.05, 3.63) is 0 Å². The number of rotatable bonds is 1. The Morgan fingerprint density at radius 1 is 1.42 bits per heavy atom. The van der Waals surface area contributed by atoms with Gasteiger partial charge in [0.15, 0.2) is 0 Å². The van der Waals surface area contributed by atoms with E-state index in [4.69, 9.17) is 5.11 Å². The van der Waals surface area contributed by atoms with E-state index in [2.05, 4.69) is 13.8 Å². The van der Waals surface area contributed by atoms with E-state index in [1.54, 1.807) is 0 Å². The largest absolute Gasteiger partial charge is 0.393 e. The molecule has 0 amide bonds. The second kappa shape index (κ2) is 2.24. The predicted octanol–water partition coefficient (Wildman–Crippen LogP) is 1.17. The van der Waals surface area contributed by atoms with Crippen molar-refractivity contribution in [2.75, 3.05) is 6.61 Å². The smallest absolute Gasteiger partial charge is 0.0910 e. The molecule has 3 saturated carbocycles. The summed E-state index contributed by atoms with van der Waals surface area (Å²) in [4.78, 5) is 0. The topological polar surface area (TPSA) is 40.5 Å². The lowest BCUT2D eigenvalue weighted by Gasteiger charge is -2.63. The van der Waals surface area contributed by atoms with Gasteiger partial charge in [0.05, 0.1) is 12.2 Å². The van der Waals surface area contributed by atoms with Gasteiger partial charge in [0.25, 0.3) is 0 Å². The fourth-order valence-corrected chi connectivity index (χ4v) is 3.21. The molecule has 2 nitrogen and oxygen atoms in total. The Hall–Kier alpha value is -0.0800. The first kappa shape index (κ1) is 8.52. The first-order chi connectivity index (χ1) is 5.50. The SMILES string of the molecule is CC1(C)[C@H]2CC[C@](O)(CO)[C@H]1C2. The van der Waals surface area contributed by atoms with Gasteiger partial charge >= 0.3 is 0 Å².